The van der Waals surface area contributed by atoms with Crippen LogP contribution >= 0.6 is 0 Å². The summed E-state index contributed by atoms with van der Waals surface area (Å²) in [7, 11) is 1.74. The quantitative estimate of drug-likeness (QED) is 0.741. The summed E-state index contributed by atoms with van der Waals surface area (Å²) in [4.78, 5) is 4.34. The van der Waals surface area contributed by atoms with Gasteiger partial charge in [0.25, 0.3) is 0 Å². The van der Waals surface area contributed by atoms with Gasteiger partial charge in [0.05, 0.1) is 6.61 Å². The van der Waals surface area contributed by atoms with Crippen LogP contribution in [0.1, 0.15) is 23.6 Å². The Morgan fingerprint density at radius 2 is 2.38 bits per heavy atom. The highest BCUT2D eigenvalue weighted by Crippen LogP contribution is 2.46. The Morgan fingerprint density at radius 1 is 1.50 bits per heavy atom. The Bertz CT molecular complexity index is 323. The first-order valence-corrected chi connectivity index (χ1v) is 5.93. The second kappa shape index (κ2) is 5.41. The Balaban J connectivity index is 1.72. The number of aromatic nitrogens is 1. The van der Waals surface area contributed by atoms with Gasteiger partial charge in [0, 0.05) is 25.5 Å². The summed E-state index contributed by atoms with van der Waals surface area (Å²) in [5.74, 6) is 1.52. The van der Waals surface area contributed by atoms with Crippen molar-refractivity contribution in [1.29, 1.82) is 0 Å². The second-order valence-electron chi connectivity index (χ2n) is 4.53. The minimum Gasteiger partial charge on any atom is -0.383 e. The SMILES string of the molecule is COCCNCC1CC1c1ccc(C)nc1. The number of nitrogens with one attached hydrogen (secondary N) is 1. The van der Waals surface area contributed by atoms with Gasteiger partial charge in [-0.3, -0.25) is 4.98 Å². The number of nitrogens with zero attached hydrogens (tertiary/aromatic N) is 1. The van der Waals surface area contributed by atoms with Crippen LogP contribution in [-0.4, -0.2) is 31.8 Å². The van der Waals surface area contributed by atoms with Crippen LogP contribution in [-0.2, 0) is 4.74 Å². The van der Waals surface area contributed by atoms with Crippen molar-refractivity contribution in [3.05, 3.63) is 29.6 Å². The van der Waals surface area contributed by atoms with Crippen LogP contribution in [0.5, 0.6) is 0 Å². The van der Waals surface area contributed by atoms with Crippen LogP contribution in [0.4, 0.5) is 0 Å². The average Bonchev–Trinajstić information content (AvgIpc) is 3.05. The average molecular weight is 220 g/mol. The Labute approximate surface area is 97.2 Å². The summed E-state index contributed by atoms with van der Waals surface area (Å²) < 4.78 is 5.00. The van der Waals surface area contributed by atoms with Gasteiger partial charge < -0.3 is 10.1 Å². The summed E-state index contributed by atoms with van der Waals surface area (Å²) in [6, 6.07) is 4.31. The van der Waals surface area contributed by atoms with E-state index in [0.717, 1.165) is 37.2 Å². The number of pyridine rings is 1. The number of rotatable bonds is 6. The van der Waals surface area contributed by atoms with Crippen molar-refractivity contribution < 1.29 is 4.74 Å². The van der Waals surface area contributed by atoms with Crippen molar-refractivity contribution in [3.8, 4) is 0 Å². The van der Waals surface area contributed by atoms with Crippen molar-refractivity contribution in [2.24, 2.45) is 5.92 Å². The zero-order valence-electron chi connectivity index (χ0n) is 10.1. The molecule has 1 fully saturated rings. The lowest BCUT2D eigenvalue weighted by Crippen LogP contribution is -2.21. The van der Waals surface area contributed by atoms with Crippen LogP contribution in [0.3, 0.4) is 0 Å². The zero-order chi connectivity index (χ0) is 11.4. The molecule has 0 spiro atoms. The molecule has 1 aliphatic carbocycles. The Kier molecular flexibility index (Phi) is 3.91. The summed E-state index contributed by atoms with van der Waals surface area (Å²) in [5.41, 5.74) is 2.49. The molecule has 3 heteroatoms. The van der Waals surface area contributed by atoms with Gasteiger partial charge in [0.2, 0.25) is 0 Å². The number of aryl methyl sites for hydroxylation is 1. The van der Waals surface area contributed by atoms with Gasteiger partial charge in [-0.05, 0) is 43.4 Å². The monoisotopic (exact) mass is 220 g/mol. The Hall–Kier alpha value is -0.930. The summed E-state index contributed by atoms with van der Waals surface area (Å²) >= 11 is 0. The first kappa shape index (κ1) is 11.6. The summed E-state index contributed by atoms with van der Waals surface area (Å²) in [6.07, 6.45) is 3.32. The molecule has 1 aromatic rings. The molecule has 1 aromatic heterocycles. The topological polar surface area (TPSA) is 34.1 Å². The highest BCUT2D eigenvalue weighted by atomic mass is 16.5. The fourth-order valence-electron chi connectivity index (χ4n) is 2.04. The molecule has 0 aliphatic heterocycles. The molecule has 3 nitrogen and oxygen atoms in total. The van der Waals surface area contributed by atoms with Crippen LogP contribution in [0.25, 0.3) is 0 Å². The molecule has 88 valence electrons. The molecule has 2 rings (SSSR count). The molecule has 0 aromatic carbocycles. The number of hydrogen-bond donors (Lipinski definition) is 1. The zero-order valence-corrected chi connectivity index (χ0v) is 10.1. The van der Waals surface area contributed by atoms with E-state index in [0.29, 0.717) is 0 Å². The minimum absolute atomic E-state index is 0.725. The normalized spacial score (nSPS) is 23.4. The molecule has 0 bridgehead atoms. The molecule has 16 heavy (non-hydrogen) atoms. The number of methoxy groups -OCH3 is 1. The van der Waals surface area contributed by atoms with E-state index in [4.69, 9.17) is 4.74 Å². The van der Waals surface area contributed by atoms with E-state index in [2.05, 4.69) is 22.4 Å². The summed E-state index contributed by atoms with van der Waals surface area (Å²) in [5, 5.41) is 3.41. The first-order chi connectivity index (χ1) is 7.81. The van der Waals surface area contributed by atoms with E-state index < -0.39 is 0 Å². The van der Waals surface area contributed by atoms with Gasteiger partial charge in [-0.15, -0.1) is 0 Å². The van der Waals surface area contributed by atoms with Crippen LogP contribution in [0, 0.1) is 12.8 Å². The lowest BCUT2D eigenvalue weighted by atomic mass is 10.1. The second-order valence-corrected chi connectivity index (χ2v) is 4.53. The summed E-state index contributed by atoms with van der Waals surface area (Å²) in [6.45, 7) is 4.87. The maximum Gasteiger partial charge on any atom is 0.0587 e. The van der Waals surface area contributed by atoms with Crippen molar-refractivity contribution >= 4 is 0 Å². The molecule has 1 N–H and O–H groups in total. The minimum atomic E-state index is 0.725. The number of ether oxygens (including phenoxy) is 1. The van der Waals surface area contributed by atoms with Crippen molar-refractivity contribution in [2.75, 3.05) is 26.8 Å². The molecule has 1 saturated carbocycles. The first-order valence-electron chi connectivity index (χ1n) is 5.93. The van der Waals surface area contributed by atoms with Gasteiger partial charge in [-0.1, -0.05) is 6.07 Å². The van der Waals surface area contributed by atoms with Crippen LogP contribution in [0.15, 0.2) is 18.3 Å². The molecule has 2 atom stereocenters. The predicted octanol–water partition coefficient (Wildman–Crippen LogP) is 1.73. The van der Waals surface area contributed by atoms with E-state index in [1.807, 2.05) is 13.1 Å². The van der Waals surface area contributed by atoms with Crippen molar-refractivity contribution in [3.63, 3.8) is 0 Å². The predicted molar refractivity (Wildman–Crippen MR) is 64.6 cm³/mol. The van der Waals surface area contributed by atoms with Crippen LogP contribution < -0.4 is 5.32 Å². The molecule has 0 saturated heterocycles. The third-order valence-electron chi connectivity index (χ3n) is 3.17. The lowest BCUT2D eigenvalue weighted by Gasteiger charge is -2.03. The van der Waals surface area contributed by atoms with E-state index in [1.54, 1.807) is 7.11 Å². The third kappa shape index (κ3) is 3.03. The molecule has 1 heterocycles. The lowest BCUT2D eigenvalue weighted by molar-refractivity contribution is 0.199. The standard InChI is InChI=1S/C13H20N2O/c1-10-3-4-11(9-15-10)13-7-12(13)8-14-5-6-16-2/h3-4,9,12-14H,5-8H2,1-2H3. The third-order valence-corrected chi connectivity index (χ3v) is 3.17. The van der Waals surface area contributed by atoms with Crippen LogP contribution in [0.2, 0.25) is 0 Å². The Morgan fingerprint density at radius 3 is 3.06 bits per heavy atom. The maximum atomic E-state index is 5.00. The molecule has 1 aliphatic rings. The van der Waals surface area contributed by atoms with E-state index in [1.165, 1.54) is 12.0 Å². The highest BCUT2D eigenvalue weighted by Gasteiger charge is 2.37. The molecular weight excluding hydrogens is 200 g/mol. The van der Waals surface area contributed by atoms with Gasteiger partial charge in [0.15, 0.2) is 0 Å². The highest BCUT2D eigenvalue weighted by molar-refractivity contribution is 5.24. The smallest absolute Gasteiger partial charge is 0.0587 e. The van der Waals surface area contributed by atoms with Gasteiger partial charge in [-0.2, -0.15) is 0 Å². The fourth-order valence-corrected chi connectivity index (χ4v) is 2.04. The van der Waals surface area contributed by atoms with Gasteiger partial charge >= 0.3 is 0 Å². The van der Waals surface area contributed by atoms with Gasteiger partial charge in [-0.25, -0.2) is 0 Å². The van der Waals surface area contributed by atoms with Crippen molar-refractivity contribution in [2.45, 2.75) is 19.3 Å². The molecular formula is C13H20N2O. The molecule has 0 radical (unpaired) electrons. The van der Waals surface area contributed by atoms with E-state index in [9.17, 15) is 0 Å². The fraction of sp³-hybridized carbons (Fsp3) is 0.615. The molecule has 2 unspecified atom stereocenters. The van der Waals surface area contributed by atoms with E-state index in [-0.39, 0.29) is 0 Å². The van der Waals surface area contributed by atoms with Gasteiger partial charge in [0.1, 0.15) is 0 Å². The number of hydrogen-bond acceptors (Lipinski definition) is 3. The largest absolute Gasteiger partial charge is 0.383 e. The van der Waals surface area contributed by atoms with E-state index >= 15 is 0 Å². The maximum absolute atomic E-state index is 5.00. The molecule has 0 amide bonds. The van der Waals surface area contributed by atoms with Crippen molar-refractivity contribution in [1.82, 2.24) is 10.3 Å².